The molecule has 0 radical (unpaired) electrons. The Hall–Kier alpha value is -1.02. The number of piperidine rings is 1. The molecular weight excluding hydrogens is 326 g/mol. The quantitative estimate of drug-likeness (QED) is 0.802. The molecule has 0 bridgehead atoms. The van der Waals surface area contributed by atoms with Crippen molar-refractivity contribution in [2.24, 2.45) is 0 Å². The monoisotopic (exact) mass is 353 g/mol. The minimum Gasteiger partial charge on any atom is -0.383 e. The lowest BCUT2D eigenvalue weighted by molar-refractivity contribution is 0.0658. The van der Waals surface area contributed by atoms with E-state index in [1.54, 1.807) is 17.6 Å². The van der Waals surface area contributed by atoms with E-state index in [1.807, 2.05) is 12.3 Å². The highest BCUT2D eigenvalue weighted by Gasteiger charge is 2.51. The van der Waals surface area contributed by atoms with Gasteiger partial charge in [-0.05, 0) is 37.3 Å². The summed E-state index contributed by atoms with van der Waals surface area (Å²) in [5, 5.41) is 0. The number of hydrogen-bond acceptors (Lipinski definition) is 5. The second-order valence-corrected chi connectivity index (χ2v) is 8.93. The smallest absolute Gasteiger partial charge is 0.212 e. The number of aromatic nitrogens is 1. The number of likely N-dealkylation sites (tertiary alicyclic amines) is 1. The Kier molecular flexibility index (Phi) is 5.24. The zero-order valence-electron chi connectivity index (χ0n) is 14.5. The largest absolute Gasteiger partial charge is 0.383 e. The number of nitrogens with zero attached hydrogens (tertiary/aromatic N) is 3. The van der Waals surface area contributed by atoms with Crippen molar-refractivity contribution in [3.05, 3.63) is 30.1 Å². The van der Waals surface area contributed by atoms with Crippen LogP contribution in [0.25, 0.3) is 0 Å². The van der Waals surface area contributed by atoms with Crippen molar-refractivity contribution in [3.63, 3.8) is 0 Å². The van der Waals surface area contributed by atoms with E-state index in [0.29, 0.717) is 6.61 Å². The fraction of sp³-hybridized carbons (Fsp3) is 0.706. The van der Waals surface area contributed by atoms with Crippen LogP contribution in [0, 0.1) is 0 Å². The van der Waals surface area contributed by atoms with E-state index in [-0.39, 0.29) is 11.6 Å². The molecule has 2 aliphatic rings. The fourth-order valence-corrected chi connectivity index (χ4v) is 6.05. The average molecular weight is 353 g/mol. The molecule has 6 nitrogen and oxygen atoms in total. The Morgan fingerprint density at radius 3 is 2.67 bits per heavy atom. The topological polar surface area (TPSA) is 62.7 Å². The number of hydrogen-bond donors (Lipinski definition) is 0. The van der Waals surface area contributed by atoms with Crippen LogP contribution in [0.1, 0.15) is 31.2 Å². The van der Waals surface area contributed by atoms with Crippen molar-refractivity contribution in [2.45, 2.75) is 43.8 Å². The number of methoxy groups -OCH3 is 1. The molecule has 0 aliphatic carbocycles. The summed E-state index contributed by atoms with van der Waals surface area (Å²) in [6, 6.07) is 4.03. The molecule has 1 spiro atoms. The van der Waals surface area contributed by atoms with Gasteiger partial charge in [0, 0.05) is 50.7 Å². The molecule has 3 heterocycles. The molecule has 2 fully saturated rings. The van der Waals surface area contributed by atoms with Crippen LogP contribution in [0.5, 0.6) is 0 Å². The van der Waals surface area contributed by atoms with Crippen molar-refractivity contribution in [1.29, 1.82) is 0 Å². The normalized spacial score (nSPS) is 25.3. The number of rotatable bonds is 5. The van der Waals surface area contributed by atoms with E-state index in [1.165, 1.54) is 11.8 Å². The summed E-state index contributed by atoms with van der Waals surface area (Å²) in [7, 11) is -1.59. The van der Waals surface area contributed by atoms with Gasteiger partial charge in [-0.3, -0.25) is 9.88 Å². The Morgan fingerprint density at radius 2 is 2.08 bits per heavy atom. The molecule has 0 saturated carbocycles. The van der Waals surface area contributed by atoms with Gasteiger partial charge >= 0.3 is 0 Å². The molecule has 0 unspecified atom stereocenters. The molecule has 0 aromatic carbocycles. The van der Waals surface area contributed by atoms with Crippen LogP contribution in [0.2, 0.25) is 0 Å². The van der Waals surface area contributed by atoms with Crippen LogP contribution in [-0.4, -0.2) is 67.2 Å². The van der Waals surface area contributed by atoms with Crippen molar-refractivity contribution in [1.82, 2.24) is 14.2 Å². The summed E-state index contributed by atoms with van der Waals surface area (Å²) in [5.74, 6) is 0. The van der Waals surface area contributed by atoms with Crippen LogP contribution < -0.4 is 0 Å². The molecule has 1 atom stereocenters. The van der Waals surface area contributed by atoms with Gasteiger partial charge in [0.2, 0.25) is 10.0 Å². The SMILES string of the molecule is COC[C@@H]1CCC2(CCN(Cc3cccnc3)CC2)N1S(C)(=O)=O. The first-order valence-electron chi connectivity index (χ1n) is 8.54. The molecule has 1 aromatic rings. The van der Waals surface area contributed by atoms with Gasteiger partial charge in [-0.1, -0.05) is 6.07 Å². The number of ether oxygens (including phenoxy) is 1. The first-order chi connectivity index (χ1) is 11.4. The molecule has 0 amide bonds. The number of pyridine rings is 1. The first kappa shape index (κ1) is 17.8. The lowest BCUT2D eigenvalue weighted by Gasteiger charge is -2.45. The third kappa shape index (κ3) is 3.64. The van der Waals surface area contributed by atoms with Gasteiger partial charge in [0.1, 0.15) is 0 Å². The van der Waals surface area contributed by atoms with E-state index in [9.17, 15) is 8.42 Å². The van der Waals surface area contributed by atoms with Crippen LogP contribution in [0.15, 0.2) is 24.5 Å². The van der Waals surface area contributed by atoms with E-state index in [0.717, 1.165) is 45.3 Å². The summed E-state index contributed by atoms with van der Waals surface area (Å²) in [6.07, 6.45) is 8.63. The Labute approximate surface area is 144 Å². The summed E-state index contributed by atoms with van der Waals surface area (Å²) in [6.45, 7) is 3.19. The van der Waals surface area contributed by atoms with Gasteiger partial charge < -0.3 is 4.74 Å². The molecule has 7 heteroatoms. The first-order valence-corrected chi connectivity index (χ1v) is 10.4. The minimum absolute atomic E-state index is 0.0186. The molecule has 24 heavy (non-hydrogen) atoms. The second-order valence-electron chi connectivity index (χ2n) is 7.07. The summed E-state index contributed by atoms with van der Waals surface area (Å²) in [4.78, 5) is 6.56. The molecule has 0 N–H and O–H groups in total. The second kappa shape index (κ2) is 7.07. The Morgan fingerprint density at radius 1 is 1.33 bits per heavy atom. The van der Waals surface area contributed by atoms with Gasteiger partial charge in [-0.15, -0.1) is 0 Å². The van der Waals surface area contributed by atoms with Crippen LogP contribution in [-0.2, 0) is 21.3 Å². The van der Waals surface area contributed by atoms with Crippen molar-refractivity contribution >= 4 is 10.0 Å². The average Bonchev–Trinajstić information content (AvgIpc) is 2.90. The van der Waals surface area contributed by atoms with Gasteiger partial charge in [0.15, 0.2) is 0 Å². The molecular formula is C17H27N3O3S. The van der Waals surface area contributed by atoms with Crippen molar-refractivity contribution < 1.29 is 13.2 Å². The summed E-state index contributed by atoms with van der Waals surface area (Å²) >= 11 is 0. The Balaban J connectivity index is 1.69. The lowest BCUT2D eigenvalue weighted by atomic mass is 9.86. The third-order valence-electron chi connectivity index (χ3n) is 5.37. The maximum atomic E-state index is 12.4. The zero-order chi connectivity index (χ0) is 17.2. The fourth-order valence-electron chi connectivity index (χ4n) is 4.36. The maximum absolute atomic E-state index is 12.4. The highest BCUT2D eigenvalue weighted by Crippen LogP contribution is 2.43. The van der Waals surface area contributed by atoms with E-state index in [4.69, 9.17) is 4.74 Å². The van der Waals surface area contributed by atoms with Crippen LogP contribution in [0.4, 0.5) is 0 Å². The third-order valence-corrected chi connectivity index (χ3v) is 6.77. The molecule has 1 aromatic heterocycles. The highest BCUT2D eigenvalue weighted by molar-refractivity contribution is 7.88. The van der Waals surface area contributed by atoms with Crippen LogP contribution in [0.3, 0.4) is 0 Å². The zero-order valence-corrected chi connectivity index (χ0v) is 15.3. The van der Waals surface area contributed by atoms with Crippen molar-refractivity contribution in [3.8, 4) is 0 Å². The van der Waals surface area contributed by atoms with Gasteiger partial charge in [0.25, 0.3) is 0 Å². The minimum atomic E-state index is -3.23. The maximum Gasteiger partial charge on any atom is 0.212 e. The highest BCUT2D eigenvalue weighted by atomic mass is 32.2. The standard InChI is InChI=1S/C17H27N3O3S/c1-23-14-16-5-6-17(20(16)24(2,21)22)7-10-19(11-8-17)13-15-4-3-9-18-12-15/h3-4,9,12,16H,5-8,10-11,13-14H2,1-2H3/t16-/m0/s1. The van der Waals surface area contributed by atoms with E-state index >= 15 is 0 Å². The number of sulfonamides is 1. The Bertz CT molecular complexity index is 642. The van der Waals surface area contributed by atoms with Gasteiger partial charge in [0.05, 0.1) is 12.9 Å². The van der Waals surface area contributed by atoms with Gasteiger partial charge in [-0.25, -0.2) is 8.42 Å². The molecule has 3 rings (SSSR count). The summed E-state index contributed by atoms with van der Waals surface area (Å²) in [5.41, 5.74) is 0.986. The predicted molar refractivity (Wildman–Crippen MR) is 93.1 cm³/mol. The van der Waals surface area contributed by atoms with Crippen LogP contribution >= 0.6 is 0 Å². The predicted octanol–water partition coefficient (Wildman–Crippen LogP) is 1.49. The molecule has 2 saturated heterocycles. The van der Waals surface area contributed by atoms with Gasteiger partial charge in [-0.2, -0.15) is 4.31 Å². The molecule has 2 aliphatic heterocycles. The lowest BCUT2D eigenvalue weighted by Crippen LogP contribution is -2.56. The summed E-state index contributed by atoms with van der Waals surface area (Å²) < 4.78 is 31.9. The van der Waals surface area contributed by atoms with Crippen molar-refractivity contribution in [2.75, 3.05) is 33.1 Å². The van der Waals surface area contributed by atoms with E-state index in [2.05, 4.69) is 16.0 Å². The van der Waals surface area contributed by atoms with E-state index < -0.39 is 10.0 Å². The molecule has 134 valence electrons.